The number of morpholine rings is 1. The molecule has 6 nitrogen and oxygen atoms in total. The Balaban J connectivity index is 2.35. The molecule has 0 bridgehead atoms. The van der Waals surface area contributed by atoms with Crippen LogP contribution in [-0.2, 0) is 19.6 Å². The summed E-state index contributed by atoms with van der Waals surface area (Å²) in [6.45, 7) is -0.150. The number of carbonyl (C=O) groups is 1. The second kappa shape index (κ2) is 5.65. The van der Waals surface area contributed by atoms with Crippen molar-refractivity contribution in [3.63, 3.8) is 0 Å². The largest absolute Gasteiger partial charge is 0.367 e. The summed E-state index contributed by atoms with van der Waals surface area (Å²) < 4.78 is 44.1. The minimum absolute atomic E-state index is 0.0276. The molecule has 2 rings (SSSR count). The van der Waals surface area contributed by atoms with Gasteiger partial charge in [-0.05, 0) is 18.2 Å². The first-order chi connectivity index (χ1) is 9.32. The van der Waals surface area contributed by atoms with Gasteiger partial charge >= 0.3 is 0 Å². The van der Waals surface area contributed by atoms with Crippen LogP contribution in [0.3, 0.4) is 0 Å². The van der Waals surface area contributed by atoms with Crippen molar-refractivity contribution >= 4 is 27.5 Å². The Morgan fingerprint density at radius 1 is 1.50 bits per heavy atom. The Morgan fingerprint density at radius 3 is 2.85 bits per heavy atom. The zero-order valence-corrected chi connectivity index (χ0v) is 11.8. The Labute approximate surface area is 120 Å². The fraction of sp³-hybridized carbons (Fsp3) is 0.364. The molecule has 1 atom stereocenters. The van der Waals surface area contributed by atoms with Crippen LogP contribution in [0.1, 0.15) is 0 Å². The molecule has 1 amide bonds. The van der Waals surface area contributed by atoms with E-state index in [9.17, 15) is 17.6 Å². The van der Waals surface area contributed by atoms with Crippen molar-refractivity contribution in [1.29, 1.82) is 0 Å². The lowest BCUT2D eigenvalue weighted by Gasteiger charge is -2.30. The predicted octanol–water partition coefficient (Wildman–Crippen LogP) is 0.354. The molecule has 1 heterocycles. The Hall–Kier alpha value is -1.22. The minimum atomic E-state index is -4.01. The van der Waals surface area contributed by atoms with Gasteiger partial charge in [-0.1, -0.05) is 11.6 Å². The number of rotatable bonds is 3. The average molecular weight is 323 g/mol. The molecule has 0 radical (unpaired) electrons. The number of sulfonamides is 1. The summed E-state index contributed by atoms with van der Waals surface area (Å²) in [5.41, 5.74) is 5.09. The molecule has 1 aromatic rings. The molecule has 1 fully saturated rings. The minimum Gasteiger partial charge on any atom is -0.367 e. The number of nitrogens with two attached hydrogens (primary N) is 1. The summed E-state index contributed by atoms with van der Waals surface area (Å²) >= 11 is 5.80. The van der Waals surface area contributed by atoms with E-state index in [2.05, 4.69) is 0 Å². The molecular weight excluding hydrogens is 311 g/mol. The highest BCUT2D eigenvalue weighted by Gasteiger charge is 2.34. The number of nitrogens with zero attached hydrogens (tertiary/aromatic N) is 1. The molecule has 1 aliphatic rings. The van der Waals surface area contributed by atoms with Gasteiger partial charge in [0, 0.05) is 13.1 Å². The van der Waals surface area contributed by atoms with Gasteiger partial charge in [0.25, 0.3) is 0 Å². The van der Waals surface area contributed by atoms with Crippen molar-refractivity contribution in [2.75, 3.05) is 19.7 Å². The van der Waals surface area contributed by atoms with Crippen molar-refractivity contribution < 1.29 is 22.3 Å². The number of hydrogen-bond donors (Lipinski definition) is 1. The summed E-state index contributed by atoms with van der Waals surface area (Å²) in [5, 5.41) is -0.0893. The van der Waals surface area contributed by atoms with Crippen LogP contribution in [0.25, 0.3) is 0 Å². The van der Waals surface area contributed by atoms with E-state index in [1.165, 1.54) is 0 Å². The lowest BCUT2D eigenvalue weighted by molar-refractivity contribution is -0.132. The van der Waals surface area contributed by atoms with E-state index < -0.39 is 27.9 Å². The van der Waals surface area contributed by atoms with Gasteiger partial charge in [-0.3, -0.25) is 4.79 Å². The van der Waals surface area contributed by atoms with E-state index in [4.69, 9.17) is 22.1 Å². The molecule has 20 heavy (non-hydrogen) atoms. The molecule has 0 aliphatic carbocycles. The van der Waals surface area contributed by atoms with E-state index >= 15 is 0 Å². The molecule has 0 saturated carbocycles. The topological polar surface area (TPSA) is 89.7 Å². The Kier molecular flexibility index (Phi) is 4.28. The highest BCUT2D eigenvalue weighted by Crippen LogP contribution is 2.26. The van der Waals surface area contributed by atoms with Gasteiger partial charge in [-0.2, -0.15) is 4.31 Å². The quantitative estimate of drug-likeness (QED) is 0.869. The average Bonchev–Trinajstić information content (AvgIpc) is 2.41. The van der Waals surface area contributed by atoms with E-state index in [1.54, 1.807) is 0 Å². The first kappa shape index (κ1) is 15.2. The maximum Gasteiger partial charge on any atom is 0.247 e. The zero-order chi connectivity index (χ0) is 14.9. The normalized spacial score (nSPS) is 20.8. The van der Waals surface area contributed by atoms with Crippen LogP contribution in [0.4, 0.5) is 4.39 Å². The van der Waals surface area contributed by atoms with E-state index in [0.29, 0.717) is 0 Å². The Morgan fingerprint density at radius 2 is 2.20 bits per heavy atom. The molecule has 0 spiro atoms. The van der Waals surface area contributed by atoms with Crippen LogP contribution < -0.4 is 5.73 Å². The number of amides is 1. The molecule has 9 heteroatoms. The maximum atomic E-state index is 13.2. The van der Waals surface area contributed by atoms with Crippen molar-refractivity contribution in [2.24, 2.45) is 5.73 Å². The molecule has 1 unspecified atom stereocenters. The second-order valence-electron chi connectivity index (χ2n) is 4.20. The van der Waals surface area contributed by atoms with Crippen LogP contribution in [-0.4, -0.2) is 44.4 Å². The molecule has 110 valence electrons. The SMILES string of the molecule is NC(=O)C1CN(S(=O)(=O)c2cc(F)ccc2Cl)CCO1. The summed E-state index contributed by atoms with van der Waals surface area (Å²) in [7, 11) is -4.01. The summed E-state index contributed by atoms with van der Waals surface area (Å²) in [4.78, 5) is 10.7. The van der Waals surface area contributed by atoms with E-state index in [-0.39, 0.29) is 29.6 Å². The summed E-state index contributed by atoms with van der Waals surface area (Å²) in [6, 6.07) is 3.06. The number of primary amides is 1. The standard InChI is InChI=1S/C11H12ClFN2O4S/c12-8-2-1-7(13)5-10(8)20(17,18)15-3-4-19-9(6-15)11(14)16/h1-2,5,9H,3-4,6H2,(H2,14,16). The molecule has 2 N–H and O–H groups in total. The van der Waals surface area contributed by atoms with Crippen molar-refractivity contribution in [3.05, 3.63) is 29.0 Å². The van der Waals surface area contributed by atoms with Crippen LogP contribution >= 0.6 is 11.6 Å². The summed E-state index contributed by atoms with van der Waals surface area (Å²) in [6.07, 6.45) is -1.02. The zero-order valence-electron chi connectivity index (χ0n) is 10.3. The molecule has 1 aromatic carbocycles. The van der Waals surface area contributed by atoms with Crippen molar-refractivity contribution in [2.45, 2.75) is 11.0 Å². The molecule has 0 aromatic heterocycles. The van der Waals surface area contributed by atoms with Crippen LogP contribution in [0, 0.1) is 5.82 Å². The van der Waals surface area contributed by atoms with Crippen molar-refractivity contribution in [1.82, 2.24) is 4.31 Å². The summed E-state index contributed by atoms with van der Waals surface area (Å²) in [5.74, 6) is -1.47. The van der Waals surface area contributed by atoms with E-state index in [1.807, 2.05) is 0 Å². The highest BCUT2D eigenvalue weighted by atomic mass is 35.5. The number of carbonyl (C=O) groups excluding carboxylic acids is 1. The van der Waals surface area contributed by atoms with Crippen LogP contribution in [0.2, 0.25) is 5.02 Å². The van der Waals surface area contributed by atoms with Crippen LogP contribution in [0.15, 0.2) is 23.1 Å². The first-order valence-electron chi connectivity index (χ1n) is 5.68. The predicted molar refractivity (Wildman–Crippen MR) is 69.1 cm³/mol. The van der Waals surface area contributed by atoms with Crippen molar-refractivity contribution in [3.8, 4) is 0 Å². The fourth-order valence-electron chi connectivity index (χ4n) is 1.83. The molecule has 1 saturated heterocycles. The lowest BCUT2D eigenvalue weighted by Crippen LogP contribution is -2.50. The number of ether oxygens (including phenoxy) is 1. The number of hydrogen-bond acceptors (Lipinski definition) is 4. The van der Waals surface area contributed by atoms with E-state index in [0.717, 1.165) is 22.5 Å². The molecule has 1 aliphatic heterocycles. The molecular formula is C11H12ClFN2O4S. The smallest absolute Gasteiger partial charge is 0.247 e. The highest BCUT2D eigenvalue weighted by molar-refractivity contribution is 7.89. The fourth-order valence-corrected chi connectivity index (χ4v) is 3.74. The van der Waals surface area contributed by atoms with Gasteiger partial charge in [-0.15, -0.1) is 0 Å². The monoisotopic (exact) mass is 322 g/mol. The van der Waals surface area contributed by atoms with Gasteiger partial charge in [0.2, 0.25) is 15.9 Å². The van der Waals surface area contributed by atoms with Gasteiger partial charge in [0.05, 0.1) is 11.6 Å². The van der Waals surface area contributed by atoms with Crippen LogP contribution in [0.5, 0.6) is 0 Å². The van der Waals surface area contributed by atoms with Gasteiger partial charge < -0.3 is 10.5 Å². The third-order valence-electron chi connectivity index (χ3n) is 2.86. The Bertz CT molecular complexity index is 637. The van der Waals surface area contributed by atoms with Gasteiger partial charge in [0.1, 0.15) is 16.8 Å². The van der Waals surface area contributed by atoms with Gasteiger partial charge in [0.15, 0.2) is 0 Å². The lowest BCUT2D eigenvalue weighted by atomic mass is 10.3. The third-order valence-corrected chi connectivity index (χ3v) is 5.20. The second-order valence-corrected chi connectivity index (χ2v) is 6.51. The number of halogens is 2. The number of benzene rings is 1. The third kappa shape index (κ3) is 2.93. The van der Waals surface area contributed by atoms with Gasteiger partial charge in [-0.25, -0.2) is 12.8 Å². The first-order valence-corrected chi connectivity index (χ1v) is 7.50. The maximum absolute atomic E-state index is 13.2.